The van der Waals surface area contributed by atoms with Crippen molar-refractivity contribution in [3.63, 3.8) is 0 Å². The Labute approximate surface area is 128 Å². The van der Waals surface area contributed by atoms with Gasteiger partial charge >= 0.3 is 6.09 Å². The first kappa shape index (κ1) is 14.1. The van der Waals surface area contributed by atoms with Gasteiger partial charge in [0.15, 0.2) is 5.82 Å². The van der Waals surface area contributed by atoms with E-state index in [0.717, 1.165) is 11.4 Å². The zero-order valence-corrected chi connectivity index (χ0v) is 12.5. The van der Waals surface area contributed by atoms with Crippen LogP contribution in [0.3, 0.4) is 0 Å². The lowest BCUT2D eigenvalue weighted by Crippen LogP contribution is -2.38. The molecule has 0 atom stereocenters. The highest BCUT2D eigenvalue weighted by Crippen LogP contribution is 2.13. The van der Waals surface area contributed by atoms with Crippen LogP contribution in [0, 0.1) is 18.8 Å². The van der Waals surface area contributed by atoms with Gasteiger partial charge in [-0.2, -0.15) is 0 Å². The molecule has 2 heterocycles. The van der Waals surface area contributed by atoms with Crippen molar-refractivity contribution in [2.45, 2.75) is 20.0 Å². The van der Waals surface area contributed by atoms with E-state index in [1.165, 1.54) is 12.7 Å². The van der Waals surface area contributed by atoms with Crippen LogP contribution in [0.5, 0.6) is 0 Å². The van der Waals surface area contributed by atoms with Crippen molar-refractivity contribution in [3.05, 3.63) is 47.0 Å². The van der Waals surface area contributed by atoms with Crippen molar-refractivity contribution < 1.29 is 9.53 Å². The minimum absolute atomic E-state index is 0.346. The molecule has 6 nitrogen and oxygen atoms in total. The molecule has 1 aromatic carbocycles. The number of methoxy groups -OCH3 is 1. The van der Waals surface area contributed by atoms with Gasteiger partial charge in [0.1, 0.15) is 0 Å². The number of hydrogen-bond acceptors (Lipinski definition) is 4. The Hall–Kier alpha value is -2.81. The Morgan fingerprint density at radius 2 is 2.14 bits per heavy atom. The zero-order chi connectivity index (χ0) is 15.5. The second-order valence-electron chi connectivity index (χ2n) is 5.10. The number of carbonyl (C=O) groups is 1. The van der Waals surface area contributed by atoms with Crippen molar-refractivity contribution in [1.29, 1.82) is 0 Å². The summed E-state index contributed by atoms with van der Waals surface area (Å²) in [5.41, 5.74) is 2.12. The lowest BCUT2D eigenvalue weighted by Gasteiger charge is -2.25. The third kappa shape index (κ3) is 2.79. The summed E-state index contributed by atoms with van der Waals surface area (Å²) < 4.78 is 6.68. The van der Waals surface area contributed by atoms with E-state index in [9.17, 15) is 4.79 Å². The SMILES string of the molecule is COC(=O)N1CCn2c(C#Cc3cccc(C)c3)nnc2C1. The van der Waals surface area contributed by atoms with E-state index >= 15 is 0 Å². The average Bonchev–Trinajstić information content (AvgIpc) is 2.94. The standard InChI is InChI=1S/C16H16N4O2/c1-12-4-3-5-13(10-12)6-7-14-17-18-15-11-19(16(21)22-2)8-9-20(14)15/h3-5,10H,8-9,11H2,1-2H3. The summed E-state index contributed by atoms with van der Waals surface area (Å²) >= 11 is 0. The van der Waals surface area contributed by atoms with Crippen molar-refractivity contribution in [1.82, 2.24) is 19.7 Å². The lowest BCUT2D eigenvalue weighted by molar-refractivity contribution is 0.111. The van der Waals surface area contributed by atoms with E-state index in [1.807, 2.05) is 35.8 Å². The maximum Gasteiger partial charge on any atom is 0.409 e. The second kappa shape index (κ2) is 5.90. The number of rotatable bonds is 0. The molecule has 0 N–H and O–H groups in total. The molecule has 0 radical (unpaired) electrons. The van der Waals surface area contributed by atoms with Crippen LogP contribution < -0.4 is 0 Å². The topological polar surface area (TPSA) is 60.2 Å². The number of fused-ring (bicyclic) bond motifs is 1. The normalized spacial score (nSPS) is 13.1. The summed E-state index contributed by atoms with van der Waals surface area (Å²) in [6.45, 7) is 3.61. The fourth-order valence-electron chi connectivity index (χ4n) is 2.39. The molecule has 1 amide bonds. The number of ether oxygens (including phenoxy) is 1. The molecular formula is C16H16N4O2. The van der Waals surface area contributed by atoms with Crippen LogP contribution in [0.25, 0.3) is 0 Å². The molecule has 1 aliphatic heterocycles. The molecule has 2 aromatic rings. The largest absolute Gasteiger partial charge is 0.453 e. The molecule has 0 unspecified atom stereocenters. The lowest BCUT2D eigenvalue weighted by atomic mass is 10.1. The highest BCUT2D eigenvalue weighted by molar-refractivity contribution is 5.67. The van der Waals surface area contributed by atoms with Gasteiger partial charge in [0, 0.05) is 18.7 Å². The molecule has 0 saturated heterocycles. The van der Waals surface area contributed by atoms with Gasteiger partial charge in [-0.05, 0) is 30.5 Å². The third-order valence-corrected chi connectivity index (χ3v) is 3.52. The fraction of sp³-hybridized carbons (Fsp3) is 0.312. The van der Waals surface area contributed by atoms with E-state index in [2.05, 4.69) is 22.0 Å². The van der Waals surface area contributed by atoms with Crippen LogP contribution in [-0.2, 0) is 17.8 Å². The first-order valence-electron chi connectivity index (χ1n) is 7.01. The number of nitrogens with zero attached hydrogens (tertiary/aromatic N) is 4. The molecule has 1 aliphatic rings. The molecule has 3 rings (SSSR count). The molecule has 1 aromatic heterocycles. The predicted molar refractivity (Wildman–Crippen MR) is 80.0 cm³/mol. The van der Waals surface area contributed by atoms with Gasteiger partial charge < -0.3 is 9.30 Å². The number of aryl methyl sites for hydroxylation is 1. The molecule has 0 aliphatic carbocycles. The summed E-state index contributed by atoms with van der Waals surface area (Å²) in [7, 11) is 1.38. The van der Waals surface area contributed by atoms with E-state index in [0.29, 0.717) is 25.5 Å². The van der Waals surface area contributed by atoms with Crippen molar-refractivity contribution >= 4 is 6.09 Å². The van der Waals surface area contributed by atoms with E-state index in [-0.39, 0.29) is 6.09 Å². The molecular weight excluding hydrogens is 280 g/mol. The summed E-state index contributed by atoms with van der Waals surface area (Å²) in [6, 6.07) is 8.00. The Kier molecular flexibility index (Phi) is 3.79. The number of amides is 1. The minimum atomic E-state index is -0.346. The number of hydrogen-bond donors (Lipinski definition) is 0. The second-order valence-corrected chi connectivity index (χ2v) is 5.10. The predicted octanol–water partition coefficient (Wildman–Crippen LogP) is 1.57. The molecule has 0 spiro atoms. The molecule has 0 fully saturated rings. The Morgan fingerprint density at radius 3 is 2.91 bits per heavy atom. The monoisotopic (exact) mass is 296 g/mol. The van der Waals surface area contributed by atoms with Crippen LogP contribution in [0.4, 0.5) is 4.79 Å². The van der Waals surface area contributed by atoms with Crippen LogP contribution in [0.15, 0.2) is 24.3 Å². The Bertz CT molecular complexity index is 770. The van der Waals surface area contributed by atoms with E-state index in [1.54, 1.807) is 4.90 Å². The van der Waals surface area contributed by atoms with Crippen LogP contribution in [0.2, 0.25) is 0 Å². The highest BCUT2D eigenvalue weighted by atomic mass is 16.5. The maximum atomic E-state index is 11.5. The minimum Gasteiger partial charge on any atom is -0.453 e. The van der Waals surface area contributed by atoms with Gasteiger partial charge in [-0.25, -0.2) is 4.79 Å². The van der Waals surface area contributed by atoms with Crippen LogP contribution >= 0.6 is 0 Å². The Balaban J connectivity index is 1.82. The number of aromatic nitrogens is 3. The van der Waals surface area contributed by atoms with Crippen molar-refractivity contribution in [2.24, 2.45) is 0 Å². The molecule has 112 valence electrons. The van der Waals surface area contributed by atoms with Gasteiger partial charge in [0.2, 0.25) is 5.82 Å². The number of carbonyl (C=O) groups excluding carboxylic acids is 1. The first-order chi connectivity index (χ1) is 10.7. The van der Waals surface area contributed by atoms with Crippen LogP contribution in [-0.4, -0.2) is 39.4 Å². The molecule has 22 heavy (non-hydrogen) atoms. The summed E-state index contributed by atoms with van der Waals surface area (Å²) in [4.78, 5) is 13.1. The van der Waals surface area contributed by atoms with E-state index in [4.69, 9.17) is 4.74 Å². The summed E-state index contributed by atoms with van der Waals surface area (Å²) in [5, 5.41) is 8.23. The summed E-state index contributed by atoms with van der Waals surface area (Å²) in [6.07, 6.45) is -0.346. The van der Waals surface area contributed by atoms with Gasteiger partial charge in [-0.1, -0.05) is 18.1 Å². The first-order valence-corrected chi connectivity index (χ1v) is 7.01. The van der Waals surface area contributed by atoms with E-state index < -0.39 is 0 Å². The smallest absolute Gasteiger partial charge is 0.409 e. The van der Waals surface area contributed by atoms with Gasteiger partial charge in [0.05, 0.1) is 13.7 Å². The number of benzene rings is 1. The van der Waals surface area contributed by atoms with Gasteiger partial charge in [0.25, 0.3) is 0 Å². The van der Waals surface area contributed by atoms with Crippen molar-refractivity contribution in [3.8, 4) is 11.8 Å². The van der Waals surface area contributed by atoms with Gasteiger partial charge in [-0.3, -0.25) is 4.90 Å². The van der Waals surface area contributed by atoms with Crippen molar-refractivity contribution in [2.75, 3.05) is 13.7 Å². The highest BCUT2D eigenvalue weighted by Gasteiger charge is 2.24. The molecule has 0 bridgehead atoms. The average molecular weight is 296 g/mol. The van der Waals surface area contributed by atoms with Gasteiger partial charge in [-0.15, -0.1) is 10.2 Å². The zero-order valence-electron chi connectivity index (χ0n) is 12.5. The maximum absolute atomic E-state index is 11.5. The quantitative estimate of drug-likeness (QED) is 0.692. The summed E-state index contributed by atoms with van der Waals surface area (Å²) in [5.74, 6) is 7.52. The Morgan fingerprint density at radius 1 is 1.27 bits per heavy atom. The third-order valence-electron chi connectivity index (χ3n) is 3.52. The molecule has 0 saturated carbocycles. The fourth-order valence-corrected chi connectivity index (χ4v) is 2.39. The van der Waals surface area contributed by atoms with Crippen LogP contribution in [0.1, 0.15) is 22.8 Å². The molecule has 6 heteroatoms.